The largest absolute Gasteiger partial charge is 0.489 e. The molecule has 0 bridgehead atoms. The van der Waals surface area contributed by atoms with E-state index in [4.69, 9.17) is 14.6 Å². The number of ether oxygens (including phenoxy) is 2. The molecule has 0 spiro atoms. The molecule has 1 aliphatic heterocycles. The molecule has 1 aromatic rings. The summed E-state index contributed by atoms with van der Waals surface area (Å²) < 4.78 is 50.2. The molecule has 0 amide bonds. The molecule has 1 N–H and O–H groups in total. The van der Waals surface area contributed by atoms with Crippen molar-refractivity contribution in [3.05, 3.63) is 23.3 Å². The van der Waals surface area contributed by atoms with Crippen molar-refractivity contribution in [3.8, 4) is 11.5 Å². The second-order valence-corrected chi connectivity index (χ2v) is 5.72. The van der Waals surface area contributed by atoms with Crippen LogP contribution in [0.25, 0.3) is 0 Å². The number of carbonyl (C=O) groups is 1. The molecule has 1 fully saturated rings. The summed E-state index contributed by atoms with van der Waals surface area (Å²) >= 11 is 0. The fraction of sp³-hybridized carbons (Fsp3) is 0.533. The van der Waals surface area contributed by atoms with Crippen molar-refractivity contribution in [3.63, 3.8) is 0 Å². The van der Waals surface area contributed by atoms with Crippen LogP contribution in [0.1, 0.15) is 36.8 Å². The van der Waals surface area contributed by atoms with Gasteiger partial charge in [0.2, 0.25) is 0 Å². The second-order valence-electron chi connectivity index (χ2n) is 5.72. The van der Waals surface area contributed by atoms with Gasteiger partial charge in [-0.25, -0.2) is 0 Å². The second kappa shape index (κ2) is 5.07. The van der Waals surface area contributed by atoms with Gasteiger partial charge in [0.15, 0.2) is 11.5 Å². The van der Waals surface area contributed by atoms with Gasteiger partial charge < -0.3 is 14.6 Å². The number of benzene rings is 1. The van der Waals surface area contributed by atoms with Crippen LogP contribution in [0.5, 0.6) is 11.5 Å². The minimum absolute atomic E-state index is 0.0612. The molecule has 0 aromatic heterocycles. The average Bonchev–Trinajstić information content (AvgIpc) is 3.19. The lowest BCUT2D eigenvalue weighted by Crippen LogP contribution is -2.16. The van der Waals surface area contributed by atoms with Crippen molar-refractivity contribution in [1.82, 2.24) is 0 Å². The Morgan fingerprint density at radius 1 is 1.18 bits per heavy atom. The van der Waals surface area contributed by atoms with Gasteiger partial charge in [0.25, 0.3) is 0 Å². The van der Waals surface area contributed by atoms with E-state index in [1.165, 1.54) is 6.07 Å². The van der Waals surface area contributed by atoms with Crippen molar-refractivity contribution >= 4 is 5.97 Å². The number of halogens is 3. The molecule has 4 nitrogen and oxygen atoms in total. The Balaban J connectivity index is 2.11. The molecule has 7 heteroatoms. The van der Waals surface area contributed by atoms with Gasteiger partial charge in [-0.3, -0.25) is 4.79 Å². The van der Waals surface area contributed by atoms with Crippen LogP contribution in [0.2, 0.25) is 0 Å². The first kappa shape index (κ1) is 15.0. The maximum absolute atomic E-state index is 13.1. The Kier molecular flexibility index (Phi) is 3.45. The summed E-state index contributed by atoms with van der Waals surface area (Å²) in [6.07, 6.45) is -2.92. The van der Waals surface area contributed by atoms with E-state index in [1.54, 1.807) is 0 Å². The van der Waals surface area contributed by atoms with E-state index in [9.17, 15) is 18.0 Å². The van der Waals surface area contributed by atoms with Crippen LogP contribution in [0.15, 0.2) is 12.1 Å². The van der Waals surface area contributed by atoms with Gasteiger partial charge in [-0.2, -0.15) is 13.2 Å². The first-order valence-electron chi connectivity index (χ1n) is 7.06. The topological polar surface area (TPSA) is 55.8 Å². The SMILES string of the molecule is O=C(O)CC1(c2ccc(C(F)(F)F)c3c2OCCCO3)CC1. The van der Waals surface area contributed by atoms with Crippen molar-refractivity contribution in [2.24, 2.45) is 0 Å². The molecule has 1 saturated carbocycles. The molecule has 0 saturated heterocycles. The Labute approximate surface area is 124 Å². The molecule has 120 valence electrons. The number of hydrogen-bond donors (Lipinski definition) is 1. The highest BCUT2D eigenvalue weighted by atomic mass is 19.4. The molecule has 22 heavy (non-hydrogen) atoms. The highest BCUT2D eigenvalue weighted by molar-refractivity contribution is 5.71. The fourth-order valence-corrected chi connectivity index (χ4v) is 2.88. The first-order valence-corrected chi connectivity index (χ1v) is 7.06. The average molecular weight is 316 g/mol. The van der Waals surface area contributed by atoms with E-state index in [2.05, 4.69) is 0 Å². The monoisotopic (exact) mass is 316 g/mol. The molecule has 3 rings (SSSR count). The van der Waals surface area contributed by atoms with Crippen molar-refractivity contribution in [2.75, 3.05) is 13.2 Å². The molecular formula is C15H15F3O4. The lowest BCUT2D eigenvalue weighted by atomic mass is 9.90. The Morgan fingerprint density at radius 3 is 2.36 bits per heavy atom. The minimum Gasteiger partial charge on any atom is -0.489 e. The van der Waals surface area contributed by atoms with Gasteiger partial charge >= 0.3 is 12.1 Å². The van der Waals surface area contributed by atoms with Crippen LogP contribution < -0.4 is 9.47 Å². The molecule has 0 unspecified atom stereocenters. The van der Waals surface area contributed by atoms with E-state index in [-0.39, 0.29) is 31.1 Å². The summed E-state index contributed by atoms with van der Waals surface area (Å²) in [5, 5.41) is 9.04. The van der Waals surface area contributed by atoms with Gasteiger partial charge in [0.05, 0.1) is 19.6 Å². The molecule has 1 heterocycles. The third kappa shape index (κ3) is 2.60. The van der Waals surface area contributed by atoms with Gasteiger partial charge in [-0.05, 0) is 18.9 Å². The summed E-state index contributed by atoms with van der Waals surface area (Å²) in [5.41, 5.74) is -0.993. The molecule has 2 aliphatic rings. The van der Waals surface area contributed by atoms with Crippen LogP contribution in [0.4, 0.5) is 13.2 Å². The zero-order chi connectivity index (χ0) is 16.0. The van der Waals surface area contributed by atoms with E-state index < -0.39 is 23.1 Å². The minimum atomic E-state index is -4.54. The summed E-state index contributed by atoms with van der Waals surface area (Å²) in [7, 11) is 0. The van der Waals surface area contributed by atoms with Crippen molar-refractivity contribution in [1.29, 1.82) is 0 Å². The van der Waals surface area contributed by atoms with Gasteiger partial charge in [-0.15, -0.1) is 0 Å². The van der Waals surface area contributed by atoms with Crippen LogP contribution in [0, 0.1) is 0 Å². The lowest BCUT2D eigenvalue weighted by Gasteiger charge is -2.22. The first-order chi connectivity index (χ1) is 10.3. The Bertz CT molecular complexity index is 606. The zero-order valence-electron chi connectivity index (χ0n) is 11.7. The molecule has 1 aliphatic carbocycles. The number of carboxylic acids is 1. The van der Waals surface area contributed by atoms with Gasteiger partial charge in [-0.1, -0.05) is 6.07 Å². The van der Waals surface area contributed by atoms with E-state index >= 15 is 0 Å². The highest BCUT2D eigenvalue weighted by Crippen LogP contribution is 2.57. The summed E-state index contributed by atoms with van der Waals surface area (Å²) in [6.45, 7) is 0.399. The number of carboxylic acid groups (broad SMARTS) is 1. The molecule has 0 atom stereocenters. The Hall–Kier alpha value is -1.92. The van der Waals surface area contributed by atoms with E-state index in [0.717, 1.165) is 6.07 Å². The maximum atomic E-state index is 13.1. The summed E-state index contributed by atoms with van der Waals surface area (Å²) in [5.74, 6) is -1.22. The number of rotatable bonds is 3. The third-order valence-corrected chi connectivity index (χ3v) is 4.11. The number of aliphatic carboxylic acids is 1. The summed E-state index contributed by atoms with van der Waals surface area (Å²) in [6, 6.07) is 2.30. The lowest BCUT2D eigenvalue weighted by molar-refractivity contribution is -0.139. The predicted octanol–water partition coefficient (Wildman–Crippen LogP) is 3.37. The van der Waals surface area contributed by atoms with E-state index in [0.29, 0.717) is 24.8 Å². The quantitative estimate of drug-likeness (QED) is 0.929. The van der Waals surface area contributed by atoms with Crippen molar-refractivity contribution < 1.29 is 32.5 Å². The van der Waals surface area contributed by atoms with Crippen LogP contribution in [-0.2, 0) is 16.4 Å². The Morgan fingerprint density at radius 2 is 1.82 bits per heavy atom. The fourth-order valence-electron chi connectivity index (χ4n) is 2.88. The normalized spacial score (nSPS) is 19.4. The summed E-state index contributed by atoms with van der Waals surface area (Å²) in [4.78, 5) is 11.0. The van der Waals surface area contributed by atoms with Crippen LogP contribution >= 0.6 is 0 Å². The van der Waals surface area contributed by atoms with E-state index in [1.807, 2.05) is 0 Å². The van der Waals surface area contributed by atoms with Crippen LogP contribution in [0.3, 0.4) is 0 Å². The van der Waals surface area contributed by atoms with Crippen LogP contribution in [-0.4, -0.2) is 24.3 Å². The number of alkyl halides is 3. The maximum Gasteiger partial charge on any atom is 0.420 e. The highest BCUT2D eigenvalue weighted by Gasteiger charge is 2.50. The molecular weight excluding hydrogens is 301 g/mol. The standard InChI is InChI=1S/C15H15F3O4/c16-15(17,18)10-3-2-9(14(4-5-14)8-11(19)20)12-13(10)22-7-1-6-21-12/h2-3H,1,4-8H2,(H,19,20). The van der Waals surface area contributed by atoms with Gasteiger partial charge in [0, 0.05) is 17.4 Å². The third-order valence-electron chi connectivity index (χ3n) is 4.11. The molecule has 0 radical (unpaired) electrons. The predicted molar refractivity (Wildman–Crippen MR) is 70.2 cm³/mol. The zero-order valence-corrected chi connectivity index (χ0v) is 11.7. The smallest absolute Gasteiger partial charge is 0.420 e. The molecule has 1 aromatic carbocycles. The van der Waals surface area contributed by atoms with Gasteiger partial charge in [0.1, 0.15) is 5.56 Å². The number of fused-ring (bicyclic) bond motifs is 1. The number of hydrogen-bond acceptors (Lipinski definition) is 3. The van der Waals surface area contributed by atoms with Crippen molar-refractivity contribution in [2.45, 2.75) is 37.3 Å².